The number of nitrogens with zero attached hydrogens (tertiary/aromatic N) is 1. The number of allylic oxidation sites excluding steroid dienone is 1. The smallest absolute Gasteiger partial charge is 0.260 e. The lowest BCUT2D eigenvalue weighted by atomic mass is 9.94. The molecule has 0 aromatic heterocycles. The number of fused-ring (bicyclic) bond motifs is 2. The first-order chi connectivity index (χ1) is 16.2. The van der Waals surface area contributed by atoms with Crippen molar-refractivity contribution in [1.29, 1.82) is 0 Å². The number of epoxide rings is 1. The van der Waals surface area contributed by atoms with Crippen LogP contribution in [-0.2, 0) is 4.74 Å². The van der Waals surface area contributed by atoms with E-state index in [0.717, 1.165) is 25.2 Å². The fourth-order valence-electron chi connectivity index (χ4n) is 4.71. The second-order valence-corrected chi connectivity index (χ2v) is 10.2. The fraction of sp³-hybridized carbons (Fsp3) is 0.464. The summed E-state index contributed by atoms with van der Waals surface area (Å²) < 4.78 is 6.02. The van der Waals surface area contributed by atoms with Crippen molar-refractivity contribution in [2.75, 3.05) is 16.8 Å². The van der Waals surface area contributed by atoms with E-state index in [4.69, 9.17) is 4.74 Å². The molecule has 2 heterocycles. The molecule has 2 aliphatic heterocycles. The lowest BCUT2D eigenvalue weighted by Crippen LogP contribution is -2.30. The van der Waals surface area contributed by atoms with E-state index in [1.54, 1.807) is 41.3 Å². The number of nitrogens with one attached hydrogen (secondary N) is 1. The highest BCUT2D eigenvalue weighted by Gasteiger charge is 2.50. The SMILES string of the molecule is C/C(=C\CN1C(=O)c2cccc(O)c2Nc2ccc(O)cc21)CCC1OC1(C)CCCC(C)C. The van der Waals surface area contributed by atoms with Crippen LogP contribution < -0.4 is 10.2 Å². The highest BCUT2D eigenvalue weighted by atomic mass is 16.6. The topological polar surface area (TPSA) is 85.3 Å². The van der Waals surface area contributed by atoms with E-state index < -0.39 is 0 Å². The zero-order chi connectivity index (χ0) is 24.5. The van der Waals surface area contributed by atoms with Crippen molar-refractivity contribution in [3.63, 3.8) is 0 Å². The molecule has 0 bridgehead atoms. The Morgan fingerprint density at radius 3 is 2.82 bits per heavy atom. The molecule has 1 saturated heterocycles. The number of phenolic OH excluding ortho intramolecular Hbond substituents is 2. The minimum atomic E-state index is -0.227. The quantitative estimate of drug-likeness (QED) is 0.170. The second-order valence-electron chi connectivity index (χ2n) is 10.2. The maximum absolute atomic E-state index is 13.4. The maximum atomic E-state index is 13.4. The summed E-state index contributed by atoms with van der Waals surface area (Å²) in [5, 5.41) is 23.6. The number of rotatable bonds is 9. The molecular formula is C28H36N2O4. The number of carbonyl (C=O) groups excluding carboxylic acids is 1. The molecule has 1 fully saturated rings. The monoisotopic (exact) mass is 464 g/mol. The minimum absolute atomic E-state index is 0.0133. The fourth-order valence-corrected chi connectivity index (χ4v) is 4.71. The van der Waals surface area contributed by atoms with Crippen molar-refractivity contribution >= 4 is 23.0 Å². The van der Waals surface area contributed by atoms with Gasteiger partial charge in [-0.1, -0.05) is 44.4 Å². The van der Waals surface area contributed by atoms with E-state index in [1.807, 2.05) is 0 Å². The van der Waals surface area contributed by atoms with Gasteiger partial charge in [-0.3, -0.25) is 4.79 Å². The molecule has 3 N–H and O–H groups in total. The summed E-state index contributed by atoms with van der Waals surface area (Å²) in [5.74, 6) is 0.595. The van der Waals surface area contributed by atoms with E-state index in [-0.39, 0.29) is 23.0 Å². The van der Waals surface area contributed by atoms with Crippen LogP contribution in [0.1, 0.15) is 70.2 Å². The van der Waals surface area contributed by atoms with Gasteiger partial charge in [0.25, 0.3) is 5.91 Å². The number of carbonyl (C=O) groups is 1. The average molecular weight is 465 g/mol. The predicted molar refractivity (Wildman–Crippen MR) is 136 cm³/mol. The Balaban J connectivity index is 1.44. The van der Waals surface area contributed by atoms with Gasteiger partial charge in [0.1, 0.15) is 11.5 Å². The number of amides is 1. The van der Waals surface area contributed by atoms with Crippen LogP contribution >= 0.6 is 0 Å². The van der Waals surface area contributed by atoms with Gasteiger partial charge in [-0.2, -0.15) is 0 Å². The average Bonchev–Trinajstić information content (AvgIpc) is 3.46. The van der Waals surface area contributed by atoms with Crippen molar-refractivity contribution in [3.05, 3.63) is 53.6 Å². The summed E-state index contributed by atoms with van der Waals surface area (Å²) in [5.41, 5.74) is 3.22. The van der Waals surface area contributed by atoms with E-state index in [1.165, 1.54) is 18.4 Å². The van der Waals surface area contributed by atoms with Gasteiger partial charge in [0, 0.05) is 12.6 Å². The van der Waals surface area contributed by atoms with Crippen LogP contribution in [0.25, 0.3) is 0 Å². The van der Waals surface area contributed by atoms with Crippen molar-refractivity contribution < 1.29 is 19.7 Å². The number of benzene rings is 2. The molecule has 34 heavy (non-hydrogen) atoms. The van der Waals surface area contributed by atoms with Crippen LogP contribution in [0, 0.1) is 5.92 Å². The van der Waals surface area contributed by atoms with Crippen LogP contribution in [0.15, 0.2) is 48.0 Å². The molecule has 0 spiro atoms. The Morgan fingerprint density at radius 2 is 2.06 bits per heavy atom. The van der Waals surface area contributed by atoms with E-state index >= 15 is 0 Å². The third-order valence-electron chi connectivity index (χ3n) is 6.96. The molecule has 6 heteroatoms. The summed E-state index contributed by atoms with van der Waals surface area (Å²) in [6, 6.07) is 9.77. The van der Waals surface area contributed by atoms with Crippen molar-refractivity contribution in [1.82, 2.24) is 0 Å². The largest absolute Gasteiger partial charge is 0.508 e. The van der Waals surface area contributed by atoms with Gasteiger partial charge < -0.3 is 25.2 Å². The molecule has 2 aromatic rings. The minimum Gasteiger partial charge on any atom is -0.508 e. The summed E-state index contributed by atoms with van der Waals surface area (Å²) in [6.45, 7) is 9.19. The Morgan fingerprint density at radius 1 is 1.26 bits per heavy atom. The number of ether oxygens (including phenoxy) is 1. The number of hydrogen-bond donors (Lipinski definition) is 3. The number of phenols is 2. The summed E-state index contributed by atoms with van der Waals surface area (Å²) in [6.07, 6.45) is 7.81. The number of aromatic hydroxyl groups is 2. The molecule has 2 unspecified atom stereocenters. The predicted octanol–water partition coefficient (Wildman–Crippen LogP) is 6.51. The molecule has 182 valence electrons. The van der Waals surface area contributed by atoms with Crippen LogP contribution in [0.5, 0.6) is 11.5 Å². The Labute approximate surface area is 202 Å². The summed E-state index contributed by atoms with van der Waals surface area (Å²) in [4.78, 5) is 15.1. The maximum Gasteiger partial charge on any atom is 0.260 e. The number of hydrogen-bond acceptors (Lipinski definition) is 5. The first-order valence-electron chi connectivity index (χ1n) is 12.3. The van der Waals surface area contributed by atoms with Crippen LogP contribution in [-0.4, -0.2) is 34.4 Å². The van der Waals surface area contributed by atoms with Gasteiger partial charge in [-0.25, -0.2) is 0 Å². The number of para-hydroxylation sites is 1. The third kappa shape index (κ3) is 5.22. The first kappa shape index (κ1) is 24.1. The molecular weight excluding hydrogens is 428 g/mol. The van der Waals surface area contributed by atoms with Crippen LogP contribution in [0.4, 0.5) is 17.1 Å². The standard InChI is InChI=1S/C28H36N2O4/c1-18(2)7-6-15-28(4)25(34-28)13-10-19(3)14-16-30-23-17-20(31)11-12-22(23)29-26-21(27(30)33)8-5-9-24(26)32/h5,8-9,11-12,14,17-18,25,29,31-32H,6-7,10,13,15-16H2,1-4H3/b19-14+. The Kier molecular flexibility index (Phi) is 6.89. The zero-order valence-electron chi connectivity index (χ0n) is 20.6. The van der Waals surface area contributed by atoms with Gasteiger partial charge in [-0.15, -0.1) is 0 Å². The van der Waals surface area contributed by atoms with Gasteiger partial charge in [0.2, 0.25) is 0 Å². The zero-order valence-corrected chi connectivity index (χ0v) is 20.6. The lowest BCUT2D eigenvalue weighted by molar-refractivity contribution is 0.0991. The molecule has 4 rings (SSSR count). The highest BCUT2D eigenvalue weighted by Crippen LogP contribution is 2.44. The van der Waals surface area contributed by atoms with Crippen molar-refractivity contribution in [2.24, 2.45) is 5.92 Å². The molecule has 0 radical (unpaired) electrons. The molecule has 2 atom stereocenters. The Hall–Kier alpha value is -2.99. The van der Waals surface area contributed by atoms with Gasteiger partial charge in [-0.05, 0) is 63.3 Å². The Bertz CT molecular complexity index is 1090. The number of anilines is 3. The van der Waals surface area contributed by atoms with Crippen molar-refractivity contribution in [2.45, 2.75) is 71.5 Å². The van der Waals surface area contributed by atoms with Gasteiger partial charge in [0.05, 0.1) is 34.3 Å². The van der Waals surface area contributed by atoms with E-state index in [2.05, 4.69) is 39.1 Å². The molecule has 2 aromatic carbocycles. The van der Waals surface area contributed by atoms with Crippen molar-refractivity contribution in [3.8, 4) is 11.5 Å². The molecule has 0 saturated carbocycles. The molecule has 2 aliphatic rings. The first-order valence-corrected chi connectivity index (χ1v) is 12.3. The summed E-state index contributed by atoms with van der Waals surface area (Å²) in [7, 11) is 0. The van der Waals surface area contributed by atoms with E-state index in [9.17, 15) is 15.0 Å². The molecule has 6 nitrogen and oxygen atoms in total. The highest BCUT2D eigenvalue weighted by molar-refractivity contribution is 6.14. The normalized spacial score (nSPS) is 21.7. The van der Waals surface area contributed by atoms with Gasteiger partial charge >= 0.3 is 0 Å². The summed E-state index contributed by atoms with van der Waals surface area (Å²) >= 11 is 0. The molecule has 0 aliphatic carbocycles. The second kappa shape index (κ2) is 9.71. The lowest BCUT2D eigenvalue weighted by Gasteiger charge is -2.22. The van der Waals surface area contributed by atoms with Crippen LogP contribution in [0.3, 0.4) is 0 Å². The molecule has 1 amide bonds. The van der Waals surface area contributed by atoms with E-state index in [0.29, 0.717) is 35.3 Å². The third-order valence-corrected chi connectivity index (χ3v) is 6.96. The van der Waals surface area contributed by atoms with Gasteiger partial charge in [0.15, 0.2) is 0 Å². The van der Waals surface area contributed by atoms with Crippen LogP contribution in [0.2, 0.25) is 0 Å².